The Morgan fingerprint density at radius 2 is 1.83 bits per heavy atom. The third kappa shape index (κ3) is 4.87. The molecule has 3 N–H and O–H groups in total. The molecule has 12 heteroatoms. The van der Waals surface area contributed by atoms with Crippen molar-refractivity contribution < 1.29 is 18.4 Å². The van der Waals surface area contributed by atoms with Crippen molar-refractivity contribution in [1.82, 2.24) is 29.4 Å². The number of alkyl halides is 2. The number of carbonyl (C=O) groups excluding carboxylic acids is 2. The Balaban J connectivity index is 1.44. The zero-order chi connectivity index (χ0) is 29.4. The fourth-order valence-electron chi connectivity index (χ4n) is 5.23. The van der Waals surface area contributed by atoms with Crippen LogP contribution in [0.4, 0.5) is 20.3 Å². The van der Waals surface area contributed by atoms with Gasteiger partial charge in [-0.25, -0.2) is 9.67 Å². The van der Waals surface area contributed by atoms with Gasteiger partial charge >= 0.3 is 6.55 Å². The maximum absolute atomic E-state index is 13.4. The van der Waals surface area contributed by atoms with Crippen molar-refractivity contribution in [3.05, 3.63) is 91.4 Å². The summed E-state index contributed by atoms with van der Waals surface area (Å²) in [7, 11) is 0. The Kier molecular flexibility index (Phi) is 6.95. The van der Waals surface area contributed by atoms with Crippen LogP contribution in [0.3, 0.4) is 0 Å². The summed E-state index contributed by atoms with van der Waals surface area (Å²) < 4.78 is 29.1. The van der Waals surface area contributed by atoms with E-state index in [-0.39, 0.29) is 23.7 Å². The number of aromatic nitrogens is 5. The molecule has 4 heterocycles. The monoisotopic (exact) mass is 568 g/mol. The van der Waals surface area contributed by atoms with Crippen molar-refractivity contribution in [2.75, 3.05) is 24.1 Å². The van der Waals surface area contributed by atoms with Crippen molar-refractivity contribution in [2.24, 2.45) is 0 Å². The van der Waals surface area contributed by atoms with Gasteiger partial charge in [0.15, 0.2) is 0 Å². The van der Waals surface area contributed by atoms with E-state index < -0.39 is 6.55 Å². The van der Waals surface area contributed by atoms with Crippen LogP contribution in [0.1, 0.15) is 29.4 Å². The third-order valence-electron chi connectivity index (χ3n) is 7.31. The van der Waals surface area contributed by atoms with Gasteiger partial charge in [-0.05, 0) is 36.8 Å². The van der Waals surface area contributed by atoms with Crippen molar-refractivity contribution in [1.29, 1.82) is 0 Å². The molecular formula is C30H26F2N8O2. The van der Waals surface area contributed by atoms with E-state index >= 15 is 0 Å². The lowest BCUT2D eigenvalue weighted by Crippen LogP contribution is -2.27. The van der Waals surface area contributed by atoms with Gasteiger partial charge in [-0.1, -0.05) is 36.9 Å². The molecule has 1 saturated heterocycles. The molecule has 0 aliphatic carbocycles. The second kappa shape index (κ2) is 10.9. The number of pyridine rings is 1. The molecule has 1 fully saturated rings. The minimum atomic E-state index is -2.80. The molecule has 42 heavy (non-hydrogen) atoms. The van der Waals surface area contributed by atoms with Crippen LogP contribution in [0, 0.1) is 0 Å². The number of likely N-dealkylation sites (tertiary alicyclic amines) is 1. The van der Waals surface area contributed by atoms with Crippen molar-refractivity contribution in [3.8, 4) is 22.4 Å². The number of fused-ring (bicyclic) bond motifs is 1. The van der Waals surface area contributed by atoms with Crippen LogP contribution in [0.2, 0.25) is 0 Å². The van der Waals surface area contributed by atoms with Crippen LogP contribution in [-0.4, -0.2) is 54.3 Å². The highest BCUT2D eigenvalue weighted by molar-refractivity contribution is 6.08. The number of nitrogens with zero attached hydrogens (tertiary/aromatic N) is 6. The van der Waals surface area contributed by atoms with Gasteiger partial charge in [-0.15, -0.1) is 0 Å². The minimum Gasteiger partial charge on any atom is -0.383 e. The van der Waals surface area contributed by atoms with Crippen molar-refractivity contribution in [3.63, 3.8) is 0 Å². The van der Waals surface area contributed by atoms with Crippen LogP contribution in [-0.2, 0) is 4.79 Å². The van der Waals surface area contributed by atoms with E-state index in [2.05, 4.69) is 22.0 Å². The lowest BCUT2D eigenvalue weighted by Gasteiger charge is -2.16. The largest absolute Gasteiger partial charge is 0.383 e. The summed E-state index contributed by atoms with van der Waals surface area (Å²) in [5, 5.41) is 12.1. The van der Waals surface area contributed by atoms with Crippen LogP contribution in [0.15, 0.2) is 85.8 Å². The van der Waals surface area contributed by atoms with E-state index in [0.29, 0.717) is 68.7 Å². The number of anilines is 2. The van der Waals surface area contributed by atoms with Crippen LogP contribution < -0.4 is 11.1 Å². The van der Waals surface area contributed by atoms with Gasteiger partial charge in [0.1, 0.15) is 11.5 Å². The van der Waals surface area contributed by atoms with Gasteiger partial charge in [0.05, 0.1) is 23.1 Å². The average Bonchev–Trinajstić information content (AvgIpc) is 3.77. The van der Waals surface area contributed by atoms with Gasteiger partial charge in [0, 0.05) is 53.4 Å². The molecule has 3 aromatic heterocycles. The molecule has 212 valence electrons. The first-order valence-corrected chi connectivity index (χ1v) is 13.2. The Bertz CT molecular complexity index is 1800. The molecule has 2 amide bonds. The van der Waals surface area contributed by atoms with Crippen LogP contribution in [0.5, 0.6) is 0 Å². The molecule has 1 aliphatic rings. The first-order chi connectivity index (χ1) is 20.3. The van der Waals surface area contributed by atoms with Crippen molar-refractivity contribution >= 4 is 34.2 Å². The Hall–Kier alpha value is -5.39. The second-order valence-electron chi connectivity index (χ2n) is 9.89. The molecule has 2 aromatic carbocycles. The summed E-state index contributed by atoms with van der Waals surface area (Å²) in [6.07, 6.45) is 6.00. The SMILES string of the molecule is C=CC(=O)N1CCC(n2nc(-c3ccc(C(=O)Nc4ccccc4)cc3)c3c(N)ncc(-c4cnn(C(F)F)c4)c32)C1. The van der Waals surface area contributed by atoms with Crippen LogP contribution >= 0.6 is 0 Å². The number of amides is 2. The quantitative estimate of drug-likeness (QED) is 0.262. The summed E-state index contributed by atoms with van der Waals surface area (Å²) >= 11 is 0. The molecule has 0 saturated carbocycles. The number of hydrogen-bond donors (Lipinski definition) is 2. The molecule has 1 atom stereocenters. The Morgan fingerprint density at radius 3 is 2.52 bits per heavy atom. The minimum absolute atomic E-state index is 0.182. The number of para-hydroxylation sites is 1. The summed E-state index contributed by atoms with van der Waals surface area (Å²) in [6, 6.07) is 15.9. The van der Waals surface area contributed by atoms with E-state index in [0.717, 1.165) is 0 Å². The van der Waals surface area contributed by atoms with Crippen LogP contribution in [0.25, 0.3) is 33.3 Å². The molecule has 10 nitrogen and oxygen atoms in total. The van der Waals surface area contributed by atoms with E-state index in [4.69, 9.17) is 10.8 Å². The molecule has 1 aliphatic heterocycles. The number of hydrogen-bond acceptors (Lipinski definition) is 6. The standard InChI is InChI=1S/C30H26F2N8O2/c1-2-24(41)38-13-12-22(17-38)40-27-23(20-14-35-39(16-20)30(31)32)15-34-28(33)25(27)26(37-40)18-8-10-19(11-9-18)29(42)36-21-6-4-3-5-7-21/h2-11,14-16,22,30H,1,12-13,17H2,(H2,33,34)(H,36,42). The number of carbonyl (C=O) groups is 2. The first kappa shape index (κ1) is 26.8. The summed E-state index contributed by atoms with van der Waals surface area (Å²) in [5.74, 6) is -0.238. The topological polar surface area (TPSA) is 124 Å². The van der Waals surface area contributed by atoms with Gasteiger partial charge in [-0.3, -0.25) is 14.3 Å². The van der Waals surface area contributed by atoms with Crippen molar-refractivity contribution in [2.45, 2.75) is 19.0 Å². The molecule has 6 rings (SSSR count). The summed E-state index contributed by atoms with van der Waals surface area (Å²) in [5.41, 5.74) is 10.3. The number of nitrogen functional groups attached to an aromatic ring is 1. The predicted octanol–water partition coefficient (Wildman–Crippen LogP) is 5.15. The molecule has 0 bridgehead atoms. The molecule has 0 spiro atoms. The Labute approximate surface area is 239 Å². The average molecular weight is 569 g/mol. The number of halogens is 2. The number of nitrogens with two attached hydrogens (primary N) is 1. The highest BCUT2D eigenvalue weighted by Gasteiger charge is 2.31. The predicted molar refractivity (Wildman–Crippen MR) is 155 cm³/mol. The fourth-order valence-corrected chi connectivity index (χ4v) is 5.23. The van der Waals surface area contributed by atoms with E-state index in [9.17, 15) is 18.4 Å². The zero-order valence-corrected chi connectivity index (χ0v) is 22.3. The smallest absolute Gasteiger partial charge is 0.333 e. The van der Waals surface area contributed by atoms with Gasteiger partial charge in [-0.2, -0.15) is 19.0 Å². The lowest BCUT2D eigenvalue weighted by atomic mass is 10.0. The highest BCUT2D eigenvalue weighted by atomic mass is 19.3. The molecular weight excluding hydrogens is 542 g/mol. The Morgan fingerprint density at radius 1 is 1.07 bits per heavy atom. The van der Waals surface area contributed by atoms with E-state index in [1.807, 2.05) is 18.2 Å². The molecule has 1 unspecified atom stereocenters. The third-order valence-corrected chi connectivity index (χ3v) is 7.31. The number of rotatable bonds is 7. The highest BCUT2D eigenvalue weighted by Crippen LogP contribution is 2.40. The zero-order valence-electron chi connectivity index (χ0n) is 22.3. The molecule has 0 radical (unpaired) electrons. The number of benzene rings is 2. The first-order valence-electron chi connectivity index (χ1n) is 13.2. The summed E-state index contributed by atoms with van der Waals surface area (Å²) in [6.45, 7) is 1.68. The normalized spacial score (nSPS) is 14.9. The maximum Gasteiger partial charge on any atom is 0.333 e. The van der Waals surface area contributed by atoms with Gasteiger partial charge in [0.25, 0.3) is 5.91 Å². The lowest BCUT2D eigenvalue weighted by molar-refractivity contribution is -0.125. The fraction of sp³-hybridized carbons (Fsp3) is 0.167. The van der Waals surface area contributed by atoms with E-state index in [1.165, 1.54) is 24.7 Å². The summed E-state index contributed by atoms with van der Waals surface area (Å²) in [4.78, 5) is 31.2. The maximum atomic E-state index is 13.4. The van der Waals surface area contributed by atoms with Gasteiger partial charge < -0.3 is 16.0 Å². The molecule has 5 aromatic rings. The van der Waals surface area contributed by atoms with E-state index in [1.54, 1.807) is 46.0 Å². The number of nitrogens with one attached hydrogen (secondary N) is 1. The van der Waals surface area contributed by atoms with Gasteiger partial charge in [0.2, 0.25) is 5.91 Å². The second-order valence-corrected chi connectivity index (χ2v) is 9.89.